The summed E-state index contributed by atoms with van der Waals surface area (Å²) in [4.78, 5) is 18.8. The summed E-state index contributed by atoms with van der Waals surface area (Å²) in [7, 11) is 1.64. The minimum Gasteiger partial charge on any atom is -0.497 e. The topological polar surface area (TPSA) is 76.2 Å². The molecule has 7 nitrogen and oxygen atoms in total. The molecule has 1 unspecified atom stereocenters. The molecule has 0 spiro atoms. The lowest BCUT2D eigenvalue weighted by Gasteiger charge is -2.32. The predicted molar refractivity (Wildman–Crippen MR) is 101 cm³/mol. The molecule has 27 heavy (non-hydrogen) atoms. The van der Waals surface area contributed by atoms with Gasteiger partial charge in [0.15, 0.2) is 0 Å². The number of aromatic amines is 1. The SMILES string of the molecule is COc1cccc(Oc2nccnc2C2CCCN(Cc3cnc[nH]3)C2)c1. The zero-order valence-electron chi connectivity index (χ0n) is 15.3. The van der Waals surface area contributed by atoms with Crippen LogP contribution in [0.3, 0.4) is 0 Å². The van der Waals surface area contributed by atoms with Crippen molar-refractivity contribution in [2.24, 2.45) is 0 Å². The van der Waals surface area contributed by atoms with Gasteiger partial charge in [-0.3, -0.25) is 9.88 Å². The number of hydrogen-bond acceptors (Lipinski definition) is 6. The average Bonchev–Trinajstić information content (AvgIpc) is 3.22. The van der Waals surface area contributed by atoms with E-state index in [0.29, 0.717) is 11.6 Å². The Morgan fingerprint density at radius 1 is 1.22 bits per heavy atom. The molecule has 7 heteroatoms. The Kier molecular flexibility index (Phi) is 5.29. The van der Waals surface area contributed by atoms with Crippen molar-refractivity contribution in [2.75, 3.05) is 20.2 Å². The van der Waals surface area contributed by atoms with Gasteiger partial charge in [-0.05, 0) is 31.5 Å². The molecule has 1 fully saturated rings. The molecule has 3 heterocycles. The highest BCUT2D eigenvalue weighted by atomic mass is 16.5. The van der Waals surface area contributed by atoms with Gasteiger partial charge in [-0.1, -0.05) is 6.07 Å². The van der Waals surface area contributed by atoms with Crippen LogP contribution in [0, 0.1) is 0 Å². The van der Waals surface area contributed by atoms with Crippen LogP contribution in [-0.2, 0) is 6.54 Å². The van der Waals surface area contributed by atoms with E-state index in [0.717, 1.165) is 49.6 Å². The van der Waals surface area contributed by atoms with Crippen LogP contribution in [0.4, 0.5) is 0 Å². The van der Waals surface area contributed by atoms with Crippen molar-refractivity contribution >= 4 is 0 Å². The summed E-state index contributed by atoms with van der Waals surface area (Å²) in [5.41, 5.74) is 2.04. The molecule has 140 valence electrons. The van der Waals surface area contributed by atoms with Gasteiger partial charge in [-0.2, -0.15) is 0 Å². The third kappa shape index (κ3) is 4.25. The molecule has 3 aromatic rings. The number of H-pyrrole nitrogens is 1. The number of likely N-dealkylation sites (tertiary alicyclic amines) is 1. The Morgan fingerprint density at radius 3 is 2.96 bits per heavy atom. The van der Waals surface area contributed by atoms with Gasteiger partial charge in [0.1, 0.15) is 17.2 Å². The zero-order valence-corrected chi connectivity index (χ0v) is 15.3. The maximum absolute atomic E-state index is 6.06. The van der Waals surface area contributed by atoms with E-state index in [1.54, 1.807) is 25.8 Å². The van der Waals surface area contributed by atoms with E-state index in [1.165, 1.54) is 0 Å². The third-order valence-corrected chi connectivity index (χ3v) is 4.79. The quantitative estimate of drug-likeness (QED) is 0.722. The van der Waals surface area contributed by atoms with Crippen molar-refractivity contribution in [2.45, 2.75) is 25.3 Å². The number of nitrogens with one attached hydrogen (secondary N) is 1. The largest absolute Gasteiger partial charge is 0.497 e. The molecule has 0 saturated carbocycles. The lowest BCUT2D eigenvalue weighted by atomic mass is 9.94. The number of imidazole rings is 1. The fraction of sp³-hybridized carbons (Fsp3) is 0.350. The molecule has 1 aliphatic heterocycles. The van der Waals surface area contributed by atoms with Crippen molar-refractivity contribution in [3.63, 3.8) is 0 Å². The number of hydrogen-bond donors (Lipinski definition) is 1. The van der Waals surface area contributed by atoms with E-state index in [1.807, 2.05) is 30.5 Å². The summed E-state index contributed by atoms with van der Waals surface area (Å²) in [5, 5.41) is 0. The Labute approximate surface area is 158 Å². The molecule has 1 aromatic carbocycles. The Hall–Kier alpha value is -2.93. The highest BCUT2D eigenvalue weighted by molar-refractivity contribution is 5.36. The average molecular weight is 365 g/mol. The molecule has 0 bridgehead atoms. The van der Waals surface area contributed by atoms with E-state index in [-0.39, 0.29) is 5.92 Å². The second-order valence-electron chi connectivity index (χ2n) is 6.68. The summed E-state index contributed by atoms with van der Waals surface area (Å²) < 4.78 is 11.3. The molecular formula is C20H23N5O2. The van der Waals surface area contributed by atoms with E-state index in [9.17, 15) is 0 Å². The number of nitrogens with zero attached hydrogens (tertiary/aromatic N) is 4. The fourth-order valence-electron chi connectivity index (χ4n) is 3.51. The van der Waals surface area contributed by atoms with Gasteiger partial charge in [-0.25, -0.2) is 9.97 Å². The van der Waals surface area contributed by atoms with Crippen LogP contribution in [0.2, 0.25) is 0 Å². The van der Waals surface area contributed by atoms with Gasteiger partial charge < -0.3 is 14.5 Å². The van der Waals surface area contributed by atoms with E-state index < -0.39 is 0 Å². The molecular weight excluding hydrogens is 342 g/mol. The van der Waals surface area contributed by atoms with E-state index in [4.69, 9.17) is 9.47 Å². The number of aromatic nitrogens is 4. The van der Waals surface area contributed by atoms with Crippen LogP contribution in [0.5, 0.6) is 17.4 Å². The fourth-order valence-corrected chi connectivity index (χ4v) is 3.51. The summed E-state index contributed by atoms with van der Waals surface area (Å²) >= 11 is 0. The van der Waals surface area contributed by atoms with E-state index in [2.05, 4.69) is 24.8 Å². The lowest BCUT2D eigenvalue weighted by molar-refractivity contribution is 0.195. The monoisotopic (exact) mass is 365 g/mol. The van der Waals surface area contributed by atoms with Gasteiger partial charge in [0, 0.05) is 49.4 Å². The van der Waals surface area contributed by atoms with Crippen molar-refractivity contribution in [1.29, 1.82) is 0 Å². The highest BCUT2D eigenvalue weighted by Gasteiger charge is 2.26. The number of ether oxygens (including phenoxy) is 2. The van der Waals surface area contributed by atoms with Crippen molar-refractivity contribution < 1.29 is 9.47 Å². The van der Waals surface area contributed by atoms with Gasteiger partial charge in [0.25, 0.3) is 0 Å². The molecule has 1 aliphatic rings. The van der Waals surface area contributed by atoms with Crippen LogP contribution in [0.1, 0.15) is 30.1 Å². The third-order valence-electron chi connectivity index (χ3n) is 4.79. The first kappa shape index (κ1) is 17.5. The van der Waals surface area contributed by atoms with Gasteiger partial charge in [-0.15, -0.1) is 0 Å². The smallest absolute Gasteiger partial charge is 0.241 e. The summed E-state index contributed by atoms with van der Waals surface area (Å²) in [6.07, 6.45) is 9.20. The van der Waals surface area contributed by atoms with Crippen LogP contribution < -0.4 is 9.47 Å². The molecule has 0 amide bonds. The van der Waals surface area contributed by atoms with Gasteiger partial charge >= 0.3 is 0 Å². The summed E-state index contributed by atoms with van der Waals surface area (Å²) in [5.74, 6) is 2.30. The van der Waals surface area contributed by atoms with Gasteiger partial charge in [0.2, 0.25) is 5.88 Å². The molecule has 0 radical (unpaired) electrons. The van der Waals surface area contributed by atoms with Crippen LogP contribution in [0.25, 0.3) is 0 Å². The minimum atomic E-state index is 0.288. The minimum absolute atomic E-state index is 0.288. The van der Waals surface area contributed by atoms with Gasteiger partial charge in [0.05, 0.1) is 13.4 Å². The second kappa shape index (κ2) is 8.18. The Morgan fingerprint density at radius 2 is 2.11 bits per heavy atom. The van der Waals surface area contributed by atoms with Crippen LogP contribution >= 0.6 is 0 Å². The Bertz CT molecular complexity index is 868. The summed E-state index contributed by atoms with van der Waals surface area (Å²) in [6, 6.07) is 7.53. The maximum Gasteiger partial charge on any atom is 0.241 e. The first-order chi connectivity index (χ1) is 13.3. The first-order valence-corrected chi connectivity index (χ1v) is 9.14. The molecule has 1 atom stereocenters. The zero-order chi connectivity index (χ0) is 18.5. The number of piperidine rings is 1. The Balaban J connectivity index is 1.51. The maximum atomic E-state index is 6.06. The molecule has 2 aromatic heterocycles. The molecule has 1 saturated heterocycles. The van der Waals surface area contributed by atoms with Crippen molar-refractivity contribution in [3.8, 4) is 17.4 Å². The molecule has 4 rings (SSSR count). The van der Waals surface area contributed by atoms with Crippen LogP contribution in [-0.4, -0.2) is 45.0 Å². The number of methoxy groups -OCH3 is 1. The highest BCUT2D eigenvalue weighted by Crippen LogP contribution is 2.33. The van der Waals surface area contributed by atoms with Crippen molar-refractivity contribution in [1.82, 2.24) is 24.8 Å². The number of benzene rings is 1. The van der Waals surface area contributed by atoms with Crippen LogP contribution in [0.15, 0.2) is 49.2 Å². The second-order valence-corrected chi connectivity index (χ2v) is 6.68. The first-order valence-electron chi connectivity index (χ1n) is 9.14. The van der Waals surface area contributed by atoms with Crippen molar-refractivity contribution in [3.05, 3.63) is 60.6 Å². The molecule has 1 N–H and O–H groups in total. The number of rotatable bonds is 6. The lowest BCUT2D eigenvalue weighted by Crippen LogP contribution is -2.34. The standard InChI is InChI=1S/C20H23N5O2/c1-26-17-5-2-6-18(10-17)27-20-19(22-7-8-23-20)15-4-3-9-25(12-15)13-16-11-21-14-24-16/h2,5-8,10-11,14-15H,3-4,9,12-13H2,1H3,(H,21,24). The molecule has 0 aliphatic carbocycles. The predicted octanol–water partition coefficient (Wildman–Crippen LogP) is 3.38. The summed E-state index contributed by atoms with van der Waals surface area (Å²) in [6.45, 7) is 2.86. The normalized spacial score (nSPS) is 17.6. The van der Waals surface area contributed by atoms with E-state index >= 15 is 0 Å².